The summed E-state index contributed by atoms with van der Waals surface area (Å²) in [6.45, 7) is 4.85. The van der Waals surface area contributed by atoms with Crippen molar-refractivity contribution < 1.29 is 13.5 Å². The zero-order valence-electron chi connectivity index (χ0n) is 12.7. The van der Waals surface area contributed by atoms with Crippen LogP contribution in [-0.4, -0.2) is 30.9 Å². The molecule has 1 rings (SSSR count). The van der Waals surface area contributed by atoms with Crippen molar-refractivity contribution in [3.05, 3.63) is 28.8 Å². The van der Waals surface area contributed by atoms with E-state index in [9.17, 15) is 13.5 Å². The molecule has 6 heteroatoms. The van der Waals surface area contributed by atoms with Crippen molar-refractivity contribution in [1.82, 2.24) is 4.31 Å². The lowest BCUT2D eigenvalue weighted by molar-refractivity contribution is 0.281. The first kappa shape index (κ1) is 18.4. The molecular weight excluding hydrogens is 310 g/mol. The fourth-order valence-electron chi connectivity index (χ4n) is 2.00. The first-order valence-electron chi connectivity index (χ1n) is 7.36. The minimum Gasteiger partial charge on any atom is -0.392 e. The summed E-state index contributed by atoms with van der Waals surface area (Å²) < 4.78 is 27.0. The molecule has 1 N–H and O–H groups in total. The van der Waals surface area contributed by atoms with Gasteiger partial charge in [0, 0.05) is 18.1 Å². The number of rotatable bonds is 9. The summed E-state index contributed by atoms with van der Waals surface area (Å²) in [7, 11) is -3.53. The fourth-order valence-corrected chi connectivity index (χ4v) is 3.75. The number of halogens is 1. The molecule has 0 bridgehead atoms. The van der Waals surface area contributed by atoms with Gasteiger partial charge in [-0.15, -0.1) is 0 Å². The lowest BCUT2D eigenvalue weighted by atomic mass is 10.2. The molecular formula is C15H24ClNO3S. The number of hydrogen-bond acceptors (Lipinski definition) is 3. The Hall–Kier alpha value is -0.620. The first-order valence-corrected chi connectivity index (χ1v) is 9.18. The maximum atomic E-state index is 12.7. The van der Waals surface area contributed by atoms with Crippen LogP contribution < -0.4 is 0 Å². The molecule has 0 fully saturated rings. The lowest BCUT2D eigenvalue weighted by Crippen LogP contribution is -2.33. The first-order chi connectivity index (χ1) is 9.97. The average Bonchev–Trinajstić information content (AvgIpc) is 2.47. The van der Waals surface area contributed by atoms with Crippen LogP contribution in [0.15, 0.2) is 23.1 Å². The van der Waals surface area contributed by atoms with Gasteiger partial charge in [0.15, 0.2) is 0 Å². The monoisotopic (exact) mass is 333 g/mol. The van der Waals surface area contributed by atoms with E-state index in [1.54, 1.807) is 0 Å². The van der Waals surface area contributed by atoms with E-state index in [-0.39, 0.29) is 11.5 Å². The second-order valence-electron chi connectivity index (χ2n) is 5.02. The number of benzene rings is 1. The minimum atomic E-state index is -3.53. The summed E-state index contributed by atoms with van der Waals surface area (Å²) in [5, 5.41) is 9.62. The van der Waals surface area contributed by atoms with E-state index in [4.69, 9.17) is 11.6 Å². The number of sulfonamides is 1. The highest BCUT2D eigenvalue weighted by molar-refractivity contribution is 7.89. The molecule has 0 aromatic heterocycles. The predicted molar refractivity (Wildman–Crippen MR) is 85.9 cm³/mol. The molecule has 4 nitrogen and oxygen atoms in total. The lowest BCUT2D eigenvalue weighted by Gasteiger charge is -2.22. The summed E-state index contributed by atoms with van der Waals surface area (Å²) in [4.78, 5) is 0.197. The Morgan fingerprint density at radius 1 is 1.14 bits per heavy atom. The standard InChI is InChI=1S/C15H24ClNO3S/c1-3-5-9-17(10-6-4-2)21(19,20)14-7-8-15(16)13(11-14)12-18/h7-8,11,18H,3-6,9-10,12H2,1-2H3. The maximum absolute atomic E-state index is 12.7. The van der Waals surface area contributed by atoms with Crippen molar-refractivity contribution in [2.24, 2.45) is 0 Å². The Balaban J connectivity index is 3.08. The number of unbranched alkanes of at least 4 members (excludes halogenated alkanes) is 2. The molecule has 0 radical (unpaired) electrons. The molecule has 1 aromatic rings. The van der Waals surface area contributed by atoms with Crippen molar-refractivity contribution >= 4 is 21.6 Å². The molecule has 0 amide bonds. The van der Waals surface area contributed by atoms with E-state index in [0.717, 1.165) is 25.7 Å². The molecule has 0 saturated carbocycles. The van der Waals surface area contributed by atoms with Gasteiger partial charge in [-0.1, -0.05) is 38.3 Å². The molecule has 0 aliphatic rings. The third-order valence-electron chi connectivity index (χ3n) is 3.35. The molecule has 0 aliphatic heterocycles. The van der Waals surface area contributed by atoms with Crippen LogP contribution in [0, 0.1) is 0 Å². The summed E-state index contributed by atoms with van der Waals surface area (Å²) in [6.07, 6.45) is 3.56. The van der Waals surface area contributed by atoms with Crippen molar-refractivity contribution in [3.8, 4) is 0 Å². The Bertz CT molecular complexity index is 538. The molecule has 0 aliphatic carbocycles. The van der Waals surface area contributed by atoms with Crippen LogP contribution >= 0.6 is 11.6 Å². The molecule has 0 saturated heterocycles. The second kappa shape index (κ2) is 8.73. The Kier molecular flexibility index (Phi) is 7.66. The Labute approximate surface area is 132 Å². The fraction of sp³-hybridized carbons (Fsp3) is 0.600. The van der Waals surface area contributed by atoms with Crippen LogP contribution in [0.5, 0.6) is 0 Å². The van der Waals surface area contributed by atoms with Gasteiger partial charge in [0.2, 0.25) is 10.0 Å². The zero-order chi connectivity index (χ0) is 15.9. The van der Waals surface area contributed by atoms with Crippen molar-refractivity contribution in [3.63, 3.8) is 0 Å². The Morgan fingerprint density at radius 3 is 2.19 bits per heavy atom. The Morgan fingerprint density at radius 2 is 1.71 bits per heavy atom. The molecule has 21 heavy (non-hydrogen) atoms. The van der Waals surface area contributed by atoms with Crippen molar-refractivity contribution in [1.29, 1.82) is 0 Å². The molecule has 1 aromatic carbocycles. The molecule has 0 heterocycles. The summed E-state index contributed by atoms with van der Waals surface area (Å²) >= 11 is 5.92. The van der Waals surface area contributed by atoms with Gasteiger partial charge in [-0.2, -0.15) is 4.31 Å². The van der Waals surface area contributed by atoms with Crippen LogP contribution in [0.4, 0.5) is 0 Å². The highest BCUT2D eigenvalue weighted by atomic mass is 35.5. The number of aliphatic hydroxyl groups excluding tert-OH is 1. The molecule has 0 spiro atoms. The number of nitrogens with zero attached hydrogens (tertiary/aromatic N) is 1. The highest BCUT2D eigenvalue weighted by Gasteiger charge is 2.24. The normalized spacial score (nSPS) is 12.0. The van der Waals surface area contributed by atoms with Gasteiger partial charge in [0.25, 0.3) is 0 Å². The number of aliphatic hydroxyl groups is 1. The highest BCUT2D eigenvalue weighted by Crippen LogP contribution is 2.23. The van der Waals surface area contributed by atoms with E-state index in [1.807, 2.05) is 13.8 Å². The predicted octanol–water partition coefficient (Wildman–Crippen LogP) is 3.42. The minimum absolute atomic E-state index is 0.197. The largest absolute Gasteiger partial charge is 0.392 e. The topological polar surface area (TPSA) is 57.6 Å². The number of hydrogen-bond donors (Lipinski definition) is 1. The molecule has 0 unspecified atom stereocenters. The van der Waals surface area contributed by atoms with E-state index in [2.05, 4.69) is 0 Å². The van der Waals surface area contributed by atoms with Crippen LogP contribution in [-0.2, 0) is 16.6 Å². The third-order valence-corrected chi connectivity index (χ3v) is 5.61. The molecule has 120 valence electrons. The maximum Gasteiger partial charge on any atom is 0.243 e. The van der Waals surface area contributed by atoms with Gasteiger partial charge in [0.05, 0.1) is 11.5 Å². The van der Waals surface area contributed by atoms with Gasteiger partial charge < -0.3 is 5.11 Å². The van der Waals surface area contributed by atoms with Gasteiger partial charge in [-0.3, -0.25) is 0 Å². The van der Waals surface area contributed by atoms with Crippen LogP contribution in [0.25, 0.3) is 0 Å². The van der Waals surface area contributed by atoms with E-state index in [1.165, 1.54) is 22.5 Å². The van der Waals surface area contributed by atoms with E-state index in [0.29, 0.717) is 23.7 Å². The van der Waals surface area contributed by atoms with E-state index < -0.39 is 10.0 Å². The summed E-state index contributed by atoms with van der Waals surface area (Å²) in [5.41, 5.74) is 0.434. The average molecular weight is 334 g/mol. The third kappa shape index (κ3) is 4.95. The van der Waals surface area contributed by atoms with Crippen molar-refractivity contribution in [2.75, 3.05) is 13.1 Å². The SMILES string of the molecule is CCCCN(CCCC)S(=O)(=O)c1ccc(Cl)c(CO)c1. The van der Waals surface area contributed by atoms with Gasteiger partial charge >= 0.3 is 0 Å². The summed E-state index contributed by atoms with van der Waals surface area (Å²) in [6, 6.07) is 4.49. The van der Waals surface area contributed by atoms with Crippen LogP contribution in [0.1, 0.15) is 45.1 Å². The quantitative estimate of drug-likeness (QED) is 0.753. The summed E-state index contributed by atoms with van der Waals surface area (Å²) in [5.74, 6) is 0. The van der Waals surface area contributed by atoms with Crippen molar-refractivity contribution in [2.45, 2.75) is 51.0 Å². The smallest absolute Gasteiger partial charge is 0.243 e. The van der Waals surface area contributed by atoms with E-state index >= 15 is 0 Å². The van der Waals surface area contributed by atoms with Gasteiger partial charge in [-0.05, 0) is 36.6 Å². The van der Waals surface area contributed by atoms with Gasteiger partial charge in [-0.25, -0.2) is 8.42 Å². The van der Waals surface area contributed by atoms with Crippen LogP contribution in [0.3, 0.4) is 0 Å². The molecule has 0 atom stereocenters. The zero-order valence-corrected chi connectivity index (χ0v) is 14.3. The second-order valence-corrected chi connectivity index (χ2v) is 7.37. The van der Waals surface area contributed by atoms with Gasteiger partial charge in [0.1, 0.15) is 0 Å². The van der Waals surface area contributed by atoms with Crippen LogP contribution in [0.2, 0.25) is 5.02 Å².